The number of benzene rings is 1. The highest BCUT2D eigenvalue weighted by Crippen LogP contribution is 2.29. The van der Waals surface area contributed by atoms with Crippen LogP contribution in [-0.2, 0) is 0 Å². The van der Waals surface area contributed by atoms with Crippen molar-refractivity contribution in [3.8, 4) is 0 Å². The van der Waals surface area contributed by atoms with Crippen LogP contribution in [0.5, 0.6) is 0 Å². The van der Waals surface area contributed by atoms with Crippen molar-refractivity contribution < 1.29 is 24.6 Å². The summed E-state index contributed by atoms with van der Waals surface area (Å²) in [5.41, 5.74) is -0.256. The van der Waals surface area contributed by atoms with E-state index in [1.165, 1.54) is 12.1 Å². The van der Waals surface area contributed by atoms with Gasteiger partial charge in [-0.25, -0.2) is 14.4 Å². The van der Waals surface area contributed by atoms with Crippen LogP contribution in [0.3, 0.4) is 0 Å². The Morgan fingerprint density at radius 1 is 1.10 bits per heavy atom. The molecule has 1 aromatic carbocycles. The molecule has 0 radical (unpaired) electrons. The van der Waals surface area contributed by atoms with Crippen molar-refractivity contribution in [2.75, 3.05) is 5.32 Å². The molecule has 20 heavy (non-hydrogen) atoms. The Balaban J connectivity index is 2.15. The van der Waals surface area contributed by atoms with E-state index >= 15 is 0 Å². The maximum absolute atomic E-state index is 11.7. The van der Waals surface area contributed by atoms with Gasteiger partial charge in [-0.05, 0) is 30.5 Å². The highest BCUT2D eigenvalue weighted by atomic mass is 16.4. The van der Waals surface area contributed by atoms with Crippen LogP contribution in [0.25, 0.3) is 0 Å². The Hall–Kier alpha value is -2.57. The summed E-state index contributed by atoms with van der Waals surface area (Å²) in [7, 11) is 0. The lowest BCUT2D eigenvalue weighted by Gasteiger charge is -2.09. The molecular formula is C13H14N2O5. The zero-order valence-electron chi connectivity index (χ0n) is 10.7. The van der Waals surface area contributed by atoms with Gasteiger partial charge < -0.3 is 20.8 Å². The van der Waals surface area contributed by atoms with Crippen LogP contribution in [0.1, 0.15) is 34.1 Å². The predicted octanol–water partition coefficient (Wildman–Crippen LogP) is 1.61. The summed E-state index contributed by atoms with van der Waals surface area (Å²) >= 11 is 0. The molecular weight excluding hydrogens is 264 g/mol. The predicted molar refractivity (Wildman–Crippen MR) is 70.1 cm³/mol. The number of carbonyl (C=O) groups is 3. The minimum atomic E-state index is -1.26. The van der Waals surface area contributed by atoms with Gasteiger partial charge in [-0.3, -0.25) is 0 Å². The molecule has 0 heterocycles. The summed E-state index contributed by atoms with van der Waals surface area (Å²) in [6.07, 6.45) is 0.906. The lowest BCUT2D eigenvalue weighted by atomic mass is 10.1. The van der Waals surface area contributed by atoms with E-state index in [-0.39, 0.29) is 22.9 Å². The summed E-state index contributed by atoms with van der Waals surface area (Å²) in [5.74, 6) is -2.08. The minimum absolute atomic E-state index is 0.122. The number of hydrogen-bond acceptors (Lipinski definition) is 3. The first kappa shape index (κ1) is 13.9. The molecule has 1 saturated carbocycles. The van der Waals surface area contributed by atoms with E-state index in [1.807, 2.05) is 6.92 Å². The second-order valence-corrected chi connectivity index (χ2v) is 4.83. The summed E-state index contributed by atoms with van der Waals surface area (Å²) < 4.78 is 0. The molecule has 0 spiro atoms. The SMILES string of the molecule is CC1CC1NC(=O)Nc1cc(C(=O)O)cc(C(=O)O)c1. The number of carboxylic acid groups (broad SMARTS) is 2. The number of carbonyl (C=O) groups excluding carboxylic acids is 1. The topological polar surface area (TPSA) is 116 Å². The number of anilines is 1. The van der Waals surface area contributed by atoms with E-state index in [9.17, 15) is 14.4 Å². The second-order valence-electron chi connectivity index (χ2n) is 4.83. The van der Waals surface area contributed by atoms with Gasteiger partial charge in [-0.2, -0.15) is 0 Å². The quantitative estimate of drug-likeness (QED) is 0.667. The summed E-state index contributed by atoms with van der Waals surface area (Å²) in [5, 5.41) is 23.0. The van der Waals surface area contributed by atoms with Gasteiger partial charge in [0.1, 0.15) is 0 Å². The number of urea groups is 1. The second kappa shape index (κ2) is 5.20. The molecule has 1 aromatic rings. The maximum Gasteiger partial charge on any atom is 0.335 e. The number of hydrogen-bond donors (Lipinski definition) is 4. The zero-order valence-corrected chi connectivity index (χ0v) is 10.7. The van der Waals surface area contributed by atoms with Crippen molar-refractivity contribution in [1.82, 2.24) is 5.32 Å². The molecule has 2 amide bonds. The zero-order chi connectivity index (χ0) is 14.9. The van der Waals surface area contributed by atoms with Crippen LogP contribution in [0.2, 0.25) is 0 Å². The average molecular weight is 278 g/mol. The third-order valence-electron chi connectivity index (χ3n) is 3.11. The number of carboxylic acids is 2. The molecule has 2 rings (SSSR count). The average Bonchev–Trinajstić information content (AvgIpc) is 3.03. The maximum atomic E-state index is 11.7. The highest BCUT2D eigenvalue weighted by Gasteiger charge is 2.33. The molecule has 1 fully saturated rings. The van der Waals surface area contributed by atoms with Gasteiger partial charge in [0.15, 0.2) is 0 Å². The van der Waals surface area contributed by atoms with Gasteiger partial charge in [-0.15, -0.1) is 0 Å². The van der Waals surface area contributed by atoms with E-state index in [0.717, 1.165) is 12.5 Å². The first-order chi connectivity index (χ1) is 9.36. The standard InChI is InChI=1S/C13H14N2O5/c1-6-2-10(6)15-13(20)14-9-4-7(11(16)17)3-8(5-9)12(18)19/h3-6,10H,2H2,1H3,(H,16,17)(H,18,19)(H2,14,15,20). The summed E-state index contributed by atoms with van der Waals surface area (Å²) in [4.78, 5) is 33.5. The van der Waals surface area contributed by atoms with Gasteiger partial charge in [0.2, 0.25) is 0 Å². The fraction of sp³-hybridized carbons (Fsp3) is 0.308. The van der Waals surface area contributed by atoms with Crippen molar-refractivity contribution >= 4 is 23.7 Å². The number of nitrogens with one attached hydrogen (secondary N) is 2. The molecule has 106 valence electrons. The van der Waals surface area contributed by atoms with Gasteiger partial charge in [0, 0.05) is 11.7 Å². The molecule has 0 saturated heterocycles. The monoisotopic (exact) mass is 278 g/mol. The molecule has 1 aliphatic rings. The van der Waals surface area contributed by atoms with Crippen molar-refractivity contribution in [1.29, 1.82) is 0 Å². The highest BCUT2D eigenvalue weighted by molar-refractivity contribution is 5.98. The third-order valence-corrected chi connectivity index (χ3v) is 3.11. The minimum Gasteiger partial charge on any atom is -0.478 e. The molecule has 1 aliphatic carbocycles. The molecule has 0 aliphatic heterocycles. The Labute approximate surface area is 114 Å². The van der Waals surface area contributed by atoms with Gasteiger partial charge in [0.25, 0.3) is 0 Å². The molecule has 7 nitrogen and oxygen atoms in total. The first-order valence-electron chi connectivity index (χ1n) is 6.06. The Bertz CT molecular complexity index is 552. The van der Waals surface area contributed by atoms with Crippen LogP contribution in [0.15, 0.2) is 18.2 Å². The third kappa shape index (κ3) is 3.25. The van der Waals surface area contributed by atoms with Gasteiger partial charge in [-0.1, -0.05) is 6.92 Å². The number of rotatable bonds is 4. The molecule has 2 atom stereocenters. The molecule has 0 aromatic heterocycles. The van der Waals surface area contributed by atoms with E-state index in [0.29, 0.717) is 5.92 Å². The Morgan fingerprint density at radius 2 is 1.60 bits per heavy atom. The number of amides is 2. The van der Waals surface area contributed by atoms with Crippen molar-refractivity contribution in [2.24, 2.45) is 5.92 Å². The lowest BCUT2D eigenvalue weighted by Crippen LogP contribution is -2.31. The van der Waals surface area contributed by atoms with E-state index in [2.05, 4.69) is 10.6 Å². The molecule has 4 N–H and O–H groups in total. The van der Waals surface area contributed by atoms with Crippen molar-refractivity contribution in [2.45, 2.75) is 19.4 Å². The van der Waals surface area contributed by atoms with Crippen LogP contribution < -0.4 is 10.6 Å². The Kier molecular flexibility index (Phi) is 3.60. The number of aromatic carboxylic acids is 2. The molecule has 7 heteroatoms. The van der Waals surface area contributed by atoms with Crippen molar-refractivity contribution in [3.05, 3.63) is 29.3 Å². The normalized spacial score (nSPS) is 20.1. The van der Waals surface area contributed by atoms with Crippen LogP contribution in [-0.4, -0.2) is 34.2 Å². The first-order valence-corrected chi connectivity index (χ1v) is 6.06. The van der Waals surface area contributed by atoms with Crippen molar-refractivity contribution in [3.63, 3.8) is 0 Å². The van der Waals surface area contributed by atoms with E-state index in [1.54, 1.807) is 0 Å². The lowest BCUT2D eigenvalue weighted by molar-refractivity contribution is 0.0696. The molecule has 2 unspecified atom stereocenters. The smallest absolute Gasteiger partial charge is 0.335 e. The van der Waals surface area contributed by atoms with Gasteiger partial charge in [0.05, 0.1) is 11.1 Å². The summed E-state index contributed by atoms with van der Waals surface area (Å²) in [6, 6.07) is 3.11. The molecule has 0 bridgehead atoms. The largest absolute Gasteiger partial charge is 0.478 e. The van der Waals surface area contributed by atoms with E-state index in [4.69, 9.17) is 10.2 Å². The van der Waals surface area contributed by atoms with Crippen LogP contribution >= 0.6 is 0 Å². The fourth-order valence-corrected chi connectivity index (χ4v) is 1.81. The Morgan fingerprint density at radius 3 is 2.00 bits per heavy atom. The summed E-state index contributed by atoms with van der Waals surface area (Å²) in [6.45, 7) is 2.00. The van der Waals surface area contributed by atoms with Gasteiger partial charge >= 0.3 is 18.0 Å². The van der Waals surface area contributed by atoms with Crippen LogP contribution in [0.4, 0.5) is 10.5 Å². The van der Waals surface area contributed by atoms with Crippen LogP contribution in [0, 0.1) is 5.92 Å². The van der Waals surface area contributed by atoms with E-state index < -0.39 is 18.0 Å². The fourth-order valence-electron chi connectivity index (χ4n) is 1.81.